The van der Waals surface area contributed by atoms with Gasteiger partial charge in [0, 0.05) is 23.5 Å². The molecular formula is C19H20F3N3O2. The number of halogens is 3. The maximum absolute atomic E-state index is 12.7. The van der Waals surface area contributed by atoms with Crippen LogP contribution in [-0.2, 0) is 15.8 Å². The Balaban J connectivity index is 1.86. The molecule has 0 radical (unpaired) electrons. The van der Waals surface area contributed by atoms with Gasteiger partial charge in [-0.2, -0.15) is 13.2 Å². The van der Waals surface area contributed by atoms with Gasteiger partial charge in [-0.3, -0.25) is 9.59 Å². The van der Waals surface area contributed by atoms with E-state index < -0.39 is 17.6 Å². The zero-order chi connectivity index (χ0) is 19.9. The van der Waals surface area contributed by atoms with Crippen molar-refractivity contribution in [1.29, 1.82) is 0 Å². The summed E-state index contributed by atoms with van der Waals surface area (Å²) in [5, 5.41) is 8.03. The molecule has 0 fully saturated rings. The van der Waals surface area contributed by atoms with Crippen molar-refractivity contribution >= 4 is 28.9 Å². The summed E-state index contributed by atoms with van der Waals surface area (Å²) in [7, 11) is 0. The lowest BCUT2D eigenvalue weighted by molar-refractivity contribution is -0.137. The molecule has 144 valence electrons. The number of nitrogens with one attached hydrogen (secondary N) is 3. The average Bonchev–Trinajstić information content (AvgIpc) is 2.61. The van der Waals surface area contributed by atoms with Crippen LogP contribution in [0.1, 0.15) is 25.3 Å². The Morgan fingerprint density at radius 3 is 2.15 bits per heavy atom. The molecular weight excluding hydrogens is 359 g/mol. The van der Waals surface area contributed by atoms with Gasteiger partial charge in [-0.05, 0) is 48.9 Å². The monoisotopic (exact) mass is 379 g/mol. The number of hydrogen-bond donors (Lipinski definition) is 3. The van der Waals surface area contributed by atoms with E-state index >= 15 is 0 Å². The van der Waals surface area contributed by atoms with Crippen LogP contribution in [0.3, 0.4) is 0 Å². The van der Waals surface area contributed by atoms with Crippen molar-refractivity contribution in [3.63, 3.8) is 0 Å². The van der Waals surface area contributed by atoms with Gasteiger partial charge in [0.15, 0.2) is 0 Å². The Kier molecular flexibility index (Phi) is 6.81. The lowest BCUT2D eigenvalue weighted by Gasteiger charge is -2.11. The summed E-state index contributed by atoms with van der Waals surface area (Å²) in [6, 6.07) is 11.2. The fourth-order valence-electron chi connectivity index (χ4n) is 2.28. The van der Waals surface area contributed by atoms with Crippen LogP contribution in [0.5, 0.6) is 0 Å². The molecule has 0 heterocycles. The predicted octanol–water partition coefficient (Wildman–Crippen LogP) is 4.49. The quantitative estimate of drug-likeness (QED) is 0.664. The number of anilines is 3. The summed E-state index contributed by atoms with van der Waals surface area (Å²) in [6.45, 7) is 1.80. The van der Waals surface area contributed by atoms with Crippen LogP contribution in [-0.4, -0.2) is 18.4 Å². The van der Waals surface area contributed by atoms with E-state index in [2.05, 4.69) is 16.0 Å². The molecule has 0 atom stereocenters. The zero-order valence-corrected chi connectivity index (χ0v) is 14.7. The van der Waals surface area contributed by atoms with Gasteiger partial charge in [-0.1, -0.05) is 13.0 Å². The van der Waals surface area contributed by atoms with Gasteiger partial charge < -0.3 is 16.0 Å². The van der Waals surface area contributed by atoms with Crippen molar-refractivity contribution in [1.82, 2.24) is 0 Å². The minimum Gasteiger partial charge on any atom is -0.376 e. The van der Waals surface area contributed by atoms with E-state index in [-0.39, 0.29) is 18.1 Å². The van der Waals surface area contributed by atoms with E-state index in [1.165, 1.54) is 12.1 Å². The van der Waals surface area contributed by atoms with E-state index in [0.29, 0.717) is 17.8 Å². The van der Waals surface area contributed by atoms with Crippen LogP contribution in [0.4, 0.5) is 30.2 Å². The van der Waals surface area contributed by atoms with Gasteiger partial charge in [0.05, 0.1) is 12.1 Å². The van der Waals surface area contributed by atoms with Gasteiger partial charge >= 0.3 is 6.18 Å². The third-order valence-corrected chi connectivity index (χ3v) is 3.57. The average molecular weight is 379 g/mol. The zero-order valence-electron chi connectivity index (χ0n) is 14.7. The normalized spacial score (nSPS) is 11.0. The molecule has 5 nitrogen and oxygen atoms in total. The number of carbonyl (C=O) groups is 2. The predicted molar refractivity (Wildman–Crippen MR) is 98.5 cm³/mol. The van der Waals surface area contributed by atoms with E-state index in [4.69, 9.17) is 0 Å². The maximum Gasteiger partial charge on any atom is 0.416 e. The van der Waals surface area contributed by atoms with Crippen LogP contribution >= 0.6 is 0 Å². The topological polar surface area (TPSA) is 70.2 Å². The van der Waals surface area contributed by atoms with Crippen molar-refractivity contribution in [2.24, 2.45) is 0 Å². The van der Waals surface area contributed by atoms with Crippen LogP contribution in [0.15, 0.2) is 48.5 Å². The van der Waals surface area contributed by atoms with E-state index in [9.17, 15) is 22.8 Å². The molecule has 0 saturated carbocycles. The number of alkyl halides is 3. The number of hydrogen-bond acceptors (Lipinski definition) is 3. The maximum atomic E-state index is 12.7. The Hall–Kier alpha value is -3.03. The summed E-state index contributed by atoms with van der Waals surface area (Å²) in [5.74, 6) is -0.548. The third-order valence-electron chi connectivity index (χ3n) is 3.57. The fraction of sp³-hybridized carbons (Fsp3) is 0.263. The minimum atomic E-state index is -4.46. The standard InChI is InChI=1S/C19H20F3N3O2/c1-2-4-17(26)24-15-9-7-14(8-10-15)23-12-18(27)25-16-6-3-5-13(11-16)19(20,21)22/h3,5-11,23H,2,4,12H2,1H3,(H,24,26)(H,25,27). The molecule has 0 aliphatic carbocycles. The Bertz CT molecular complexity index is 790. The molecule has 2 amide bonds. The smallest absolute Gasteiger partial charge is 0.376 e. The van der Waals surface area contributed by atoms with Gasteiger partial charge in [0.25, 0.3) is 0 Å². The minimum absolute atomic E-state index is 0.0707. The number of benzene rings is 2. The lowest BCUT2D eigenvalue weighted by Crippen LogP contribution is -2.22. The summed E-state index contributed by atoms with van der Waals surface area (Å²) >= 11 is 0. The SMILES string of the molecule is CCCC(=O)Nc1ccc(NCC(=O)Nc2cccc(C(F)(F)F)c2)cc1. The Morgan fingerprint density at radius 1 is 0.889 bits per heavy atom. The van der Waals surface area contributed by atoms with Crippen molar-refractivity contribution in [2.75, 3.05) is 22.5 Å². The van der Waals surface area contributed by atoms with Crippen LogP contribution in [0.2, 0.25) is 0 Å². The lowest BCUT2D eigenvalue weighted by atomic mass is 10.2. The highest BCUT2D eigenvalue weighted by Crippen LogP contribution is 2.30. The number of carbonyl (C=O) groups excluding carboxylic acids is 2. The van der Waals surface area contributed by atoms with Gasteiger partial charge in [-0.25, -0.2) is 0 Å². The second-order valence-corrected chi connectivity index (χ2v) is 5.86. The van der Waals surface area contributed by atoms with Crippen molar-refractivity contribution < 1.29 is 22.8 Å². The van der Waals surface area contributed by atoms with E-state index in [1.54, 1.807) is 24.3 Å². The van der Waals surface area contributed by atoms with E-state index in [1.807, 2.05) is 6.92 Å². The summed E-state index contributed by atoms with van der Waals surface area (Å²) in [6.07, 6.45) is -3.27. The first-order chi connectivity index (χ1) is 12.8. The molecule has 0 spiro atoms. The summed E-state index contributed by atoms with van der Waals surface area (Å²) in [4.78, 5) is 23.4. The van der Waals surface area contributed by atoms with Gasteiger partial charge in [-0.15, -0.1) is 0 Å². The first-order valence-corrected chi connectivity index (χ1v) is 8.39. The van der Waals surface area contributed by atoms with Crippen molar-refractivity contribution in [3.8, 4) is 0 Å². The second-order valence-electron chi connectivity index (χ2n) is 5.86. The Labute approximate surface area is 155 Å². The molecule has 0 aliphatic heterocycles. The van der Waals surface area contributed by atoms with Gasteiger partial charge in [0.2, 0.25) is 11.8 Å². The number of amides is 2. The van der Waals surface area contributed by atoms with Crippen molar-refractivity contribution in [2.45, 2.75) is 25.9 Å². The molecule has 3 N–H and O–H groups in total. The number of rotatable bonds is 7. The largest absolute Gasteiger partial charge is 0.416 e. The fourth-order valence-corrected chi connectivity index (χ4v) is 2.28. The molecule has 0 saturated heterocycles. The Morgan fingerprint density at radius 2 is 1.52 bits per heavy atom. The van der Waals surface area contributed by atoms with Crippen LogP contribution in [0, 0.1) is 0 Å². The van der Waals surface area contributed by atoms with Crippen LogP contribution < -0.4 is 16.0 Å². The summed E-state index contributed by atoms with van der Waals surface area (Å²) in [5.41, 5.74) is 0.537. The summed E-state index contributed by atoms with van der Waals surface area (Å²) < 4.78 is 38.0. The second kappa shape index (κ2) is 9.07. The molecule has 2 aromatic rings. The van der Waals surface area contributed by atoms with Crippen LogP contribution in [0.25, 0.3) is 0 Å². The molecule has 0 unspecified atom stereocenters. The van der Waals surface area contributed by atoms with E-state index in [0.717, 1.165) is 18.6 Å². The molecule has 0 aromatic heterocycles. The highest BCUT2D eigenvalue weighted by atomic mass is 19.4. The van der Waals surface area contributed by atoms with Gasteiger partial charge in [0.1, 0.15) is 0 Å². The first-order valence-electron chi connectivity index (χ1n) is 8.39. The van der Waals surface area contributed by atoms with Crippen molar-refractivity contribution in [3.05, 3.63) is 54.1 Å². The third kappa shape index (κ3) is 6.65. The highest BCUT2D eigenvalue weighted by molar-refractivity contribution is 5.94. The molecule has 8 heteroatoms. The molecule has 27 heavy (non-hydrogen) atoms. The highest BCUT2D eigenvalue weighted by Gasteiger charge is 2.30. The molecule has 0 aliphatic rings. The molecule has 2 aromatic carbocycles. The first kappa shape index (κ1) is 20.3. The molecule has 0 bridgehead atoms. The molecule has 2 rings (SSSR count).